The highest BCUT2D eigenvalue weighted by Gasteiger charge is 2.39. The number of rotatable bonds is 16. The third-order valence-electron chi connectivity index (χ3n) is 7.61. The van der Waals surface area contributed by atoms with Gasteiger partial charge in [0.25, 0.3) is 5.91 Å². The monoisotopic (exact) mass is 568 g/mol. The van der Waals surface area contributed by atoms with Gasteiger partial charge in [0.15, 0.2) is 5.69 Å². The zero-order valence-electron chi connectivity index (χ0n) is 24.4. The van der Waals surface area contributed by atoms with E-state index in [1.807, 2.05) is 39.6 Å². The van der Waals surface area contributed by atoms with Crippen LogP contribution >= 0.6 is 11.3 Å². The lowest BCUT2D eigenvalue weighted by atomic mass is 9.93. The van der Waals surface area contributed by atoms with Crippen LogP contribution in [0.1, 0.15) is 108 Å². The predicted octanol–water partition coefficient (Wildman–Crippen LogP) is 4.26. The summed E-state index contributed by atoms with van der Waals surface area (Å²) in [6, 6.07) is -1.57. The van der Waals surface area contributed by atoms with E-state index in [1.54, 1.807) is 0 Å². The number of hydroxylamine groups is 2. The fourth-order valence-corrected chi connectivity index (χ4v) is 5.61. The lowest BCUT2D eigenvalue weighted by molar-refractivity contribution is -0.212. The molecule has 0 saturated carbocycles. The molecule has 1 aromatic heterocycles. The molecule has 11 heteroatoms. The van der Waals surface area contributed by atoms with Crippen molar-refractivity contribution in [2.45, 2.75) is 110 Å². The van der Waals surface area contributed by atoms with Gasteiger partial charge in [-0.25, -0.2) is 14.8 Å². The third kappa shape index (κ3) is 9.51. The van der Waals surface area contributed by atoms with Gasteiger partial charge in [0.2, 0.25) is 5.91 Å². The van der Waals surface area contributed by atoms with Crippen molar-refractivity contribution in [3.05, 3.63) is 16.1 Å². The highest BCUT2D eigenvalue weighted by molar-refractivity contribution is 7.09. The number of unbranched alkanes of at least 4 members (excludes halogenated alkanes) is 2. The second-order valence-corrected chi connectivity index (χ2v) is 11.9. The largest absolute Gasteiger partial charge is 0.476 e. The van der Waals surface area contributed by atoms with E-state index in [0.717, 1.165) is 56.4 Å². The molecule has 3 N–H and O–H groups in total. The van der Waals surface area contributed by atoms with Crippen molar-refractivity contribution in [2.75, 3.05) is 20.2 Å². The van der Waals surface area contributed by atoms with Crippen LogP contribution in [0.25, 0.3) is 0 Å². The van der Waals surface area contributed by atoms with E-state index in [-0.39, 0.29) is 46.8 Å². The van der Waals surface area contributed by atoms with Gasteiger partial charge in [-0.2, -0.15) is 0 Å². The molecular formula is C28H48N4O6S. The number of carboxylic acids is 1. The Morgan fingerprint density at radius 3 is 2.51 bits per heavy atom. The maximum Gasteiger partial charge on any atom is 0.355 e. The van der Waals surface area contributed by atoms with Gasteiger partial charge in [0.05, 0.1) is 18.7 Å². The van der Waals surface area contributed by atoms with Crippen molar-refractivity contribution < 1.29 is 29.4 Å². The first-order valence-corrected chi connectivity index (χ1v) is 15.2. The Hall–Kier alpha value is -2.08. The number of carbonyl (C=O) groups is 3. The normalized spacial score (nSPS) is 19.3. The molecule has 1 aliphatic rings. The number of hydrogen-bond donors (Lipinski definition) is 3. The van der Waals surface area contributed by atoms with Crippen LogP contribution in [0.3, 0.4) is 0 Å². The Bertz CT molecular complexity index is 926. The van der Waals surface area contributed by atoms with Gasteiger partial charge in [-0.1, -0.05) is 60.3 Å². The number of thiazole rings is 1. The summed E-state index contributed by atoms with van der Waals surface area (Å²) in [6.07, 6.45) is 5.25. The summed E-state index contributed by atoms with van der Waals surface area (Å²) in [5.74, 6) is -1.86. The number of piperidine rings is 1. The van der Waals surface area contributed by atoms with Gasteiger partial charge in [-0.15, -0.1) is 11.3 Å². The standard InChI is InChI=1S/C28H48N4O6S/c1-7-9-12-15-38-32(22(18(3)4)16-23(33)26-29-20(17-39-26)28(36)37)27(35)24(19(5)8-2)30-25(34)21-13-10-11-14-31(21)6/h17-19,21-24,33H,7-16H2,1-6H3,(H,30,34)(H,36,37)/t19-,21?,22+,23+,24-/m0/s1. The molecule has 1 aliphatic heterocycles. The average Bonchev–Trinajstić information content (AvgIpc) is 3.41. The van der Waals surface area contributed by atoms with Crippen molar-refractivity contribution in [1.29, 1.82) is 0 Å². The summed E-state index contributed by atoms with van der Waals surface area (Å²) in [7, 11) is 1.94. The lowest BCUT2D eigenvalue weighted by Gasteiger charge is -2.38. The smallest absolute Gasteiger partial charge is 0.355 e. The van der Waals surface area contributed by atoms with Gasteiger partial charge in [-0.05, 0) is 44.7 Å². The van der Waals surface area contributed by atoms with Crippen LogP contribution in [-0.4, -0.2) is 81.3 Å². The minimum Gasteiger partial charge on any atom is -0.476 e. The first-order chi connectivity index (χ1) is 18.5. The molecule has 2 heterocycles. The number of amides is 2. The number of nitrogens with zero attached hydrogens (tertiary/aromatic N) is 3. The van der Waals surface area contributed by atoms with Crippen LogP contribution in [0.4, 0.5) is 0 Å². The molecule has 0 spiro atoms. The van der Waals surface area contributed by atoms with Crippen LogP contribution in [0.15, 0.2) is 5.38 Å². The summed E-state index contributed by atoms with van der Waals surface area (Å²) in [5, 5.41) is 26.3. The second-order valence-electron chi connectivity index (χ2n) is 11.0. The molecule has 1 fully saturated rings. The number of hydrogen-bond acceptors (Lipinski definition) is 8. The van der Waals surface area contributed by atoms with Crippen LogP contribution in [0.5, 0.6) is 0 Å². The van der Waals surface area contributed by atoms with E-state index in [1.165, 1.54) is 10.4 Å². The topological polar surface area (TPSA) is 132 Å². The molecule has 2 rings (SSSR count). The molecule has 5 atom stereocenters. The molecule has 2 amide bonds. The van der Waals surface area contributed by atoms with Crippen LogP contribution in [-0.2, 0) is 14.4 Å². The Morgan fingerprint density at radius 2 is 1.95 bits per heavy atom. The first-order valence-electron chi connectivity index (χ1n) is 14.3. The van der Waals surface area contributed by atoms with Crippen LogP contribution in [0, 0.1) is 11.8 Å². The number of carboxylic acid groups (broad SMARTS) is 1. The van der Waals surface area contributed by atoms with Gasteiger partial charge in [-0.3, -0.25) is 19.3 Å². The van der Waals surface area contributed by atoms with Gasteiger partial charge >= 0.3 is 5.97 Å². The number of carbonyl (C=O) groups excluding carboxylic acids is 2. The molecule has 1 saturated heterocycles. The second kappa shape index (κ2) is 16.2. The van der Waals surface area contributed by atoms with E-state index >= 15 is 0 Å². The molecule has 1 aromatic rings. The first kappa shape index (κ1) is 33.1. The Labute approximate surface area is 237 Å². The molecule has 0 aromatic carbocycles. The quantitative estimate of drug-likeness (QED) is 0.199. The molecule has 0 radical (unpaired) electrons. The molecular weight excluding hydrogens is 520 g/mol. The minimum absolute atomic E-state index is 0.0913. The maximum atomic E-state index is 14.2. The Balaban J connectivity index is 2.32. The number of aliphatic hydroxyl groups excluding tert-OH is 1. The van der Waals surface area contributed by atoms with E-state index in [4.69, 9.17) is 4.84 Å². The third-order valence-corrected chi connectivity index (χ3v) is 8.55. The summed E-state index contributed by atoms with van der Waals surface area (Å²) in [5.41, 5.74) is -0.119. The predicted molar refractivity (Wildman–Crippen MR) is 151 cm³/mol. The fourth-order valence-electron chi connectivity index (χ4n) is 4.82. The zero-order valence-corrected chi connectivity index (χ0v) is 25.2. The lowest BCUT2D eigenvalue weighted by Crippen LogP contribution is -2.58. The highest BCUT2D eigenvalue weighted by Crippen LogP contribution is 2.29. The number of likely N-dealkylation sites (N-methyl/N-ethyl adjacent to an activating group) is 1. The Kier molecular flexibility index (Phi) is 13.8. The van der Waals surface area contributed by atoms with Crippen LogP contribution in [0.2, 0.25) is 0 Å². The van der Waals surface area contributed by atoms with E-state index < -0.39 is 24.2 Å². The van der Waals surface area contributed by atoms with Crippen molar-refractivity contribution >= 4 is 29.1 Å². The van der Waals surface area contributed by atoms with Gasteiger partial charge in [0, 0.05) is 11.8 Å². The summed E-state index contributed by atoms with van der Waals surface area (Å²) in [6.45, 7) is 11.1. The molecule has 39 heavy (non-hydrogen) atoms. The number of nitrogens with one attached hydrogen (secondary N) is 1. The number of aromatic carboxylic acids is 1. The molecule has 0 aliphatic carbocycles. The molecule has 10 nitrogen and oxygen atoms in total. The number of aliphatic hydroxyl groups is 1. The minimum atomic E-state index is -1.16. The molecule has 222 valence electrons. The molecule has 0 bridgehead atoms. The van der Waals surface area contributed by atoms with E-state index in [0.29, 0.717) is 13.0 Å². The van der Waals surface area contributed by atoms with Crippen molar-refractivity contribution in [1.82, 2.24) is 20.3 Å². The van der Waals surface area contributed by atoms with E-state index in [2.05, 4.69) is 17.2 Å². The van der Waals surface area contributed by atoms with Crippen LogP contribution < -0.4 is 5.32 Å². The van der Waals surface area contributed by atoms with Crippen molar-refractivity contribution in [3.63, 3.8) is 0 Å². The maximum absolute atomic E-state index is 14.2. The molecule has 1 unspecified atom stereocenters. The van der Waals surface area contributed by atoms with Gasteiger partial charge < -0.3 is 15.5 Å². The average molecular weight is 569 g/mol. The Morgan fingerprint density at radius 1 is 1.23 bits per heavy atom. The van der Waals surface area contributed by atoms with Gasteiger partial charge in [0.1, 0.15) is 17.2 Å². The van der Waals surface area contributed by atoms with Crippen molar-refractivity contribution in [3.8, 4) is 0 Å². The summed E-state index contributed by atoms with van der Waals surface area (Å²) < 4.78 is 0. The summed E-state index contributed by atoms with van der Waals surface area (Å²) in [4.78, 5) is 51.0. The highest BCUT2D eigenvalue weighted by atomic mass is 32.1. The van der Waals surface area contributed by atoms with E-state index in [9.17, 15) is 24.6 Å². The van der Waals surface area contributed by atoms with Crippen molar-refractivity contribution in [2.24, 2.45) is 11.8 Å². The fraction of sp³-hybridized carbons (Fsp3) is 0.786. The number of aromatic nitrogens is 1. The SMILES string of the molecule is CCCCCON(C(=O)[C@@H](NC(=O)C1CCCCN1C)[C@@H](C)CC)[C@H](C[C@@H](O)c1nc(C(=O)O)cs1)C(C)C. The summed E-state index contributed by atoms with van der Waals surface area (Å²) >= 11 is 1.08. The number of likely N-dealkylation sites (tertiary alicyclic amines) is 1. The zero-order chi connectivity index (χ0) is 29.1.